The summed E-state index contributed by atoms with van der Waals surface area (Å²) in [6.45, 7) is 7.94. The van der Waals surface area contributed by atoms with Crippen molar-refractivity contribution in [1.29, 1.82) is 0 Å². The molecule has 0 bridgehead atoms. The van der Waals surface area contributed by atoms with Crippen LogP contribution in [-0.4, -0.2) is 52.7 Å². The van der Waals surface area contributed by atoms with Crippen molar-refractivity contribution in [3.63, 3.8) is 0 Å². The van der Waals surface area contributed by atoms with Crippen LogP contribution in [0.4, 0.5) is 0 Å². The zero-order chi connectivity index (χ0) is 20.7. The summed E-state index contributed by atoms with van der Waals surface area (Å²) in [4.78, 5) is 2.48. The molecule has 0 spiro atoms. The van der Waals surface area contributed by atoms with E-state index in [9.17, 15) is 8.42 Å². The van der Waals surface area contributed by atoms with Gasteiger partial charge in [-0.05, 0) is 35.7 Å². The standard InChI is InChI=1S/C22H30N2O4S/c1-18(2)17-28-20-8-10-21(11-9-20)29(25,26)23-12-13-24-14-15-27-22(16-24)19-6-4-3-5-7-19/h3-11,18,22-23H,12-17H2,1-2H3/t22-/m0/s1. The Kier molecular flexibility index (Phi) is 7.66. The van der Waals surface area contributed by atoms with Crippen LogP contribution in [-0.2, 0) is 14.8 Å². The van der Waals surface area contributed by atoms with Gasteiger partial charge in [0.05, 0.1) is 24.2 Å². The lowest BCUT2D eigenvalue weighted by Crippen LogP contribution is -2.42. The molecule has 158 valence electrons. The van der Waals surface area contributed by atoms with Gasteiger partial charge in [0.25, 0.3) is 0 Å². The number of benzene rings is 2. The predicted molar refractivity (Wildman–Crippen MR) is 114 cm³/mol. The molecule has 2 aromatic rings. The van der Waals surface area contributed by atoms with Gasteiger partial charge in [-0.1, -0.05) is 44.2 Å². The molecule has 1 atom stereocenters. The SMILES string of the molecule is CC(C)COc1ccc(S(=O)(=O)NCCN2CCO[C@H](c3ccccc3)C2)cc1. The van der Waals surface area contributed by atoms with Crippen LogP contribution in [0.1, 0.15) is 25.5 Å². The van der Waals surface area contributed by atoms with E-state index in [1.54, 1.807) is 24.3 Å². The quantitative estimate of drug-likeness (QED) is 0.678. The van der Waals surface area contributed by atoms with Gasteiger partial charge in [-0.3, -0.25) is 4.90 Å². The third-order valence-electron chi connectivity index (χ3n) is 4.76. The Morgan fingerprint density at radius 1 is 1.14 bits per heavy atom. The molecule has 1 aliphatic heterocycles. The molecule has 0 saturated carbocycles. The van der Waals surface area contributed by atoms with E-state index in [1.165, 1.54) is 0 Å². The molecule has 1 heterocycles. The van der Waals surface area contributed by atoms with E-state index >= 15 is 0 Å². The summed E-state index contributed by atoms with van der Waals surface area (Å²) in [5.41, 5.74) is 1.15. The molecule has 1 N–H and O–H groups in total. The Morgan fingerprint density at radius 3 is 2.55 bits per heavy atom. The molecule has 7 heteroatoms. The highest BCUT2D eigenvalue weighted by Crippen LogP contribution is 2.21. The monoisotopic (exact) mass is 418 g/mol. The van der Waals surface area contributed by atoms with Gasteiger partial charge in [0.15, 0.2) is 0 Å². The van der Waals surface area contributed by atoms with Crippen LogP contribution in [0.3, 0.4) is 0 Å². The summed E-state index contributed by atoms with van der Waals surface area (Å²) in [5, 5.41) is 0. The first kappa shape index (κ1) is 21.8. The number of morpholine rings is 1. The first-order valence-corrected chi connectivity index (χ1v) is 11.5. The lowest BCUT2D eigenvalue weighted by Gasteiger charge is -2.33. The second kappa shape index (κ2) is 10.2. The predicted octanol–water partition coefficient (Wildman–Crippen LogP) is 3.07. The number of hydrogen-bond acceptors (Lipinski definition) is 5. The molecule has 0 aliphatic carbocycles. The van der Waals surface area contributed by atoms with Crippen LogP contribution >= 0.6 is 0 Å². The van der Waals surface area contributed by atoms with Crippen LogP contribution in [0.25, 0.3) is 0 Å². The number of sulfonamides is 1. The Balaban J connectivity index is 1.49. The van der Waals surface area contributed by atoms with E-state index < -0.39 is 10.0 Å². The van der Waals surface area contributed by atoms with Crippen molar-refractivity contribution in [1.82, 2.24) is 9.62 Å². The smallest absolute Gasteiger partial charge is 0.240 e. The number of nitrogens with zero attached hydrogens (tertiary/aromatic N) is 1. The van der Waals surface area contributed by atoms with Gasteiger partial charge in [-0.15, -0.1) is 0 Å². The molecule has 6 nitrogen and oxygen atoms in total. The van der Waals surface area contributed by atoms with Gasteiger partial charge >= 0.3 is 0 Å². The Bertz CT molecular complexity index is 854. The molecule has 1 saturated heterocycles. The zero-order valence-electron chi connectivity index (χ0n) is 17.1. The molecular formula is C22H30N2O4S. The van der Waals surface area contributed by atoms with Gasteiger partial charge in [-0.2, -0.15) is 0 Å². The topological polar surface area (TPSA) is 67.9 Å². The number of hydrogen-bond donors (Lipinski definition) is 1. The fourth-order valence-electron chi connectivity index (χ4n) is 3.17. The second-order valence-corrected chi connectivity index (χ2v) is 9.41. The van der Waals surface area contributed by atoms with Gasteiger partial charge in [0, 0.05) is 26.2 Å². The summed E-state index contributed by atoms with van der Waals surface area (Å²) in [5.74, 6) is 1.10. The van der Waals surface area contributed by atoms with Crippen molar-refractivity contribution in [2.24, 2.45) is 5.92 Å². The maximum atomic E-state index is 12.5. The van der Waals surface area contributed by atoms with Crippen molar-refractivity contribution >= 4 is 10.0 Å². The summed E-state index contributed by atoms with van der Waals surface area (Å²) >= 11 is 0. The highest BCUT2D eigenvalue weighted by molar-refractivity contribution is 7.89. The van der Waals surface area contributed by atoms with E-state index in [1.807, 2.05) is 18.2 Å². The average Bonchev–Trinajstić information content (AvgIpc) is 2.73. The maximum Gasteiger partial charge on any atom is 0.240 e. The van der Waals surface area contributed by atoms with Crippen molar-refractivity contribution in [2.75, 3.05) is 39.4 Å². The van der Waals surface area contributed by atoms with Crippen LogP contribution in [0.5, 0.6) is 5.75 Å². The molecule has 1 aliphatic rings. The average molecular weight is 419 g/mol. The Morgan fingerprint density at radius 2 is 1.86 bits per heavy atom. The number of rotatable bonds is 9. The Labute approximate surface area is 173 Å². The van der Waals surface area contributed by atoms with Gasteiger partial charge < -0.3 is 9.47 Å². The second-order valence-electron chi connectivity index (χ2n) is 7.64. The van der Waals surface area contributed by atoms with E-state index in [4.69, 9.17) is 9.47 Å². The van der Waals surface area contributed by atoms with E-state index in [2.05, 4.69) is 35.6 Å². The van der Waals surface area contributed by atoms with Gasteiger partial charge in [0.2, 0.25) is 10.0 Å². The molecule has 29 heavy (non-hydrogen) atoms. The normalized spacial score (nSPS) is 18.1. The minimum atomic E-state index is -3.54. The highest BCUT2D eigenvalue weighted by Gasteiger charge is 2.22. The molecule has 3 rings (SSSR count). The summed E-state index contributed by atoms with van der Waals surface area (Å²) in [7, 11) is -3.54. The largest absolute Gasteiger partial charge is 0.493 e. The van der Waals surface area contributed by atoms with Crippen molar-refractivity contribution in [3.8, 4) is 5.75 Å². The van der Waals surface area contributed by atoms with Crippen LogP contribution in [0.2, 0.25) is 0 Å². The minimum Gasteiger partial charge on any atom is -0.493 e. The van der Waals surface area contributed by atoms with Crippen LogP contribution in [0.15, 0.2) is 59.5 Å². The first-order chi connectivity index (χ1) is 13.9. The van der Waals surface area contributed by atoms with E-state index in [0.717, 1.165) is 18.7 Å². The van der Waals surface area contributed by atoms with Crippen molar-refractivity contribution in [2.45, 2.75) is 24.8 Å². The Hall–Kier alpha value is -1.93. The van der Waals surface area contributed by atoms with E-state index in [-0.39, 0.29) is 11.0 Å². The zero-order valence-corrected chi connectivity index (χ0v) is 17.9. The molecule has 2 aromatic carbocycles. The van der Waals surface area contributed by atoms with Crippen molar-refractivity contribution < 1.29 is 17.9 Å². The van der Waals surface area contributed by atoms with Gasteiger partial charge in [-0.25, -0.2) is 13.1 Å². The van der Waals surface area contributed by atoms with Gasteiger partial charge in [0.1, 0.15) is 5.75 Å². The molecule has 0 amide bonds. The number of ether oxygens (including phenoxy) is 2. The summed E-state index contributed by atoms with van der Waals surface area (Å²) in [6.07, 6.45) is 0.0277. The first-order valence-electron chi connectivity index (χ1n) is 10.1. The lowest BCUT2D eigenvalue weighted by molar-refractivity contribution is -0.0291. The minimum absolute atomic E-state index is 0.0277. The lowest BCUT2D eigenvalue weighted by atomic mass is 10.1. The fraction of sp³-hybridized carbons (Fsp3) is 0.455. The van der Waals surface area contributed by atoms with E-state index in [0.29, 0.717) is 38.0 Å². The molecule has 0 aromatic heterocycles. The molecule has 0 radical (unpaired) electrons. The molecule has 0 unspecified atom stereocenters. The summed E-state index contributed by atoms with van der Waals surface area (Å²) in [6, 6.07) is 16.7. The highest BCUT2D eigenvalue weighted by atomic mass is 32.2. The molecular weight excluding hydrogens is 388 g/mol. The fourth-order valence-corrected chi connectivity index (χ4v) is 4.20. The third kappa shape index (κ3) is 6.54. The van der Waals surface area contributed by atoms with Crippen LogP contribution < -0.4 is 9.46 Å². The van der Waals surface area contributed by atoms with Crippen LogP contribution in [0, 0.1) is 5.92 Å². The number of nitrogens with one attached hydrogen (secondary N) is 1. The molecule has 1 fully saturated rings. The van der Waals surface area contributed by atoms with Crippen molar-refractivity contribution in [3.05, 3.63) is 60.2 Å². The third-order valence-corrected chi connectivity index (χ3v) is 6.24. The summed E-state index contributed by atoms with van der Waals surface area (Å²) < 4.78 is 39.3. The maximum absolute atomic E-state index is 12.5.